The first-order valence-corrected chi connectivity index (χ1v) is 8.03. The smallest absolute Gasteiger partial charge is 0.290 e. The Morgan fingerprint density at radius 3 is 2.52 bits per heavy atom. The van der Waals surface area contributed by atoms with Crippen LogP contribution in [0.4, 0.5) is 11.5 Å². The van der Waals surface area contributed by atoms with Crippen LogP contribution < -0.4 is 10.9 Å². The Labute approximate surface area is 137 Å². The average molecular weight is 315 g/mol. The van der Waals surface area contributed by atoms with Crippen LogP contribution in [-0.4, -0.2) is 33.3 Å². The molecule has 1 aliphatic heterocycles. The lowest BCUT2D eigenvalue weighted by molar-refractivity contribution is 0.127. The number of aromatic nitrogens is 3. The highest BCUT2D eigenvalue weighted by Crippen LogP contribution is 2.31. The molecule has 0 amide bonds. The summed E-state index contributed by atoms with van der Waals surface area (Å²) in [6.45, 7) is 6.99. The van der Waals surface area contributed by atoms with E-state index in [0.29, 0.717) is 17.5 Å². The van der Waals surface area contributed by atoms with Gasteiger partial charge in [0.05, 0.1) is 5.69 Å². The predicted octanol–water partition coefficient (Wildman–Crippen LogP) is 2.63. The van der Waals surface area contributed by atoms with Gasteiger partial charge in [0.2, 0.25) is 0 Å². The SMILES string of the molecule is CC.Cc1cc(Nc2ccc(C3CCN3C)cn2)c(=O)n(C)n1. The average Bonchev–Trinajstić information content (AvgIpc) is 2.54. The second-order valence-electron chi connectivity index (χ2n) is 5.52. The molecule has 1 saturated heterocycles. The lowest BCUT2D eigenvalue weighted by Crippen LogP contribution is -2.37. The molecule has 0 bridgehead atoms. The fourth-order valence-electron chi connectivity index (χ4n) is 2.60. The Morgan fingerprint density at radius 2 is 2.00 bits per heavy atom. The summed E-state index contributed by atoms with van der Waals surface area (Å²) < 4.78 is 1.33. The second kappa shape index (κ2) is 7.37. The van der Waals surface area contributed by atoms with E-state index in [1.807, 2.05) is 33.0 Å². The Balaban J connectivity index is 0.000000924. The van der Waals surface area contributed by atoms with Gasteiger partial charge in [-0.05, 0) is 38.1 Å². The van der Waals surface area contributed by atoms with Crippen molar-refractivity contribution in [3.8, 4) is 0 Å². The standard InChI is InChI=1S/C15H19N5O.C2H6/c1-10-8-12(15(21)20(3)18-10)17-14-5-4-11(9-16-14)13-6-7-19(13)2;1-2/h4-5,8-9,13H,6-7H2,1-3H3,(H,16,17);1-2H3. The number of likely N-dealkylation sites (tertiary alicyclic amines) is 1. The first-order valence-electron chi connectivity index (χ1n) is 8.03. The molecule has 1 atom stereocenters. The van der Waals surface area contributed by atoms with Crippen LogP contribution in [0, 0.1) is 6.92 Å². The number of hydrogen-bond donors (Lipinski definition) is 1. The van der Waals surface area contributed by atoms with E-state index in [9.17, 15) is 4.79 Å². The predicted molar refractivity (Wildman–Crippen MR) is 93.1 cm³/mol. The minimum atomic E-state index is -0.162. The van der Waals surface area contributed by atoms with Gasteiger partial charge in [-0.3, -0.25) is 9.69 Å². The summed E-state index contributed by atoms with van der Waals surface area (Å²) in [5.41, 5.74) is 2.33. The van der Waals surface area contributed by atoms with Gasteiger partial charge in [0.15, 0.2) is 0 Å². The van der Waals surface area contributed by atoms with Gasteiger partial charge < -0.3 is 5.32 Å². The highest BCUT2D eigenvalue weighted by Gasteiger charge is 2.25. The number of nitrogens with one attached hydrogen (secondary N) is 1. The Kier molecular flexibility index (Phi) is 5.50. The van der Waals surface area contributed by atoms with E-state index in [1.54, 1.807) is 13.1 Å². The molecule has 0 aromatic carbocycles. The zero-order chi connectivity index (χ0) is 17.0. The number of hydrogen-bond acceptors (Lipinski definition) is 5. The van der Waals surface area contributed by atoms with E-state index in [2.05, 4.69) is 33.4 Å². The molecular formula is C17H25N5O. The molecule has 23 heavy (non-hydrogen) atoms. The molecule has 2 aromatic rings. The fourth-order valence-corrected chi connectivity index (χ4v) is 2.60. The Hall–Kier alpha value is -2.21. The molecule has 0 aliphatic carbocycles. The molecule has 1 fully saturated rings. The molecule has 2 aromatic heterocycles. The van der Waals surface area contributed by atoms with Gasteiger partial charge in [-0.1, -0.05) is 19.9 Å². The van der Waals surface area contributed by atoms with Crippen molar-refractivity contribution in [2.75, 3.05) is 18.9 Å². The van der Waals surface area contributed by atoms with Crippen LogP contribution in [-0.2, 0) is 7.05 Å². The van der Waals surface area contributed by atoms with Gasteiger partial charge in [-0.25, -0.2) is 9.67 Å². The van der Waals surface area contributed by atoms with Crippen molar-refractivity contribution in [1.29, 1.82) is 0 Å². The van der Waals surface area contributed by atoms with Crippen molar-refractivity contribution in [2.24, 2.45) is 7.05 Å². The topological polar surface area (TPSA) is 63.1 Å². The van der Waals surface area contributed by atoms with Crippen LogP contribution in [0.25, 0.3) is 0 Å². The third kappa shape index (κ3) is 3.76. The number of nitrogens with zero attached hydrogens (tertiary/aromatic N) is 4. The van der Waals surface area contributed by atoms with Crippen LogP contribution in [0.1, 0.15) is 37.6 Å². The molecule has 124 valence electrons. The van der Waals surface area contributed by atoms with Gasteiger partial charge in [0.25, 0.3) is 5.56 Å². The summed E-state index contributed by atoms with van der Waals surface area (Å²) in [6.07, 6.45) is 3.05. The molecular weight excluding hydrogens is 290 g/mol. The summed E-state index contributed by atoms with van der Waals surface area (Å²) in [6, 6.07) is 6.19. The summed E-state index contributed by atoms with van der Waals surface area (Å²) >= 11 is 0. The molecule has 0 spiro atoms. The van der Waals surface area contributed by atoms with E-state index in [-0.39, 0.29) is 5.56 Å². The van der Waals surface area contributed by atoms with Crippen LogP contribution in [0.5, 0.6) is 0 Å². The largest absolute Gasteiger partial charge is 0.336 e. The Bertz CT molecular complexity index is 708. The molecule has 3 rings (SSSR count). The molecule has 1 unspecified atom stereocenters. The van der Waals surface area contributed by atoms with Crippen LogP contribution in [0.2, 0.25) is 0 Å². The fraction of sp³-hybridized carbons (Fsp3) is 0.471. The summed E-state index contributed by atoms with van der Waals surface area (Å²) in [4.78, 5) is 18.7. The van der Waals surface area contributed by atoms with E-state index in [4.69, 9.17) is 0 Å². The van der Waals surface area contributed by atoms with E-state index in [0.717, 1.165) is 12.2 Å². The summed E-state index contributed by atoms with van der Waals surface area (Å²) in [7, 11) is 3.76. The van der Waals surface area contributed by atoms with E-state index >= 15 is 0 Å². The molecule has 1 N–H and O–H groups in total. The van der Waals surface area contributed by atoms with Crippen molar-refractivity contribution in [1.82, 2.24) is 19.7 Å². The summed E-state index contributed by atoms with van der Waals surface area (Å²) in [5, 5.41) is 7.15. The van der Waals surface area contributed by atoms with Crippen molar-refractivity contribution in [3.05, 3.63) is 46.0 Å². The Morgan fingerprint density at radius 1 is 1.26 bits per heavy atom. The number of aryl methyl sites for hydroxylation is 2. The normalized spacial score (nSPS) is 17.0. The molecule has 6 nitrogen and oxygen atoms in total. The van der Waals surface area contributed by atoms with Crippen molar-refractivity contribution in [3.63, 3.8) is 0 Å². The summed E-state index contributed by atoms with van der Waals surface area (Å²) in [5.74, 6) is 0.670. The van der Waals surface area contributed by atoms with E-state index in [1.165, 1.54) is 16.7 Å². The maximum absolute atomic E-state index is 12.0. The monoisotopic (exact) mass is 315 g/mol. The molecule has 0 saturated carbocycles. The highest BCUT2D eigenvalue weighted by atomic mass is 16.1. The zero-order valence-corrected chi connectivity index (χ0v) is 14.5. The van der Waals surface area contributed by atoms with Crippen molar-refractivity contribution >= 4 is 11.5 Å². The molecule has 1 aliphatic rings. The maximum Gasteiger partial charge on any atom is 0.290 e. The first kappa shape index (κ1) is 17.1. The second-order valence-corrected chi connectivity index (χ2v) is 5.52. The van der Waals surface area contributed by atoms with Crippen molar-refractivity contribution in [2.45, 2.75) is 33.2 Å². The van der Waals surface area contributed by atoms with Gasteiger partial charge in [-0.15, -0.1) is 0 Å². The number of rotatable bonds is 3. The minimum absolute atomic E-state index is 0.162. The quantitative estimate of drug-likeness (QED) is 0.943. The van der Waals surface area contributed by atoms with Crippen LogP contribution >= 0.6 is 0 Å². The van der Waals surface area contributed by atoms with Gasteiger partial charge >= 0.3 is 0 Å². The van der Waals surface area contributed by atoms with Gasteiger partial charge in [0.1, 0.15) is 11.5 Å². The first-order chi connectivity index (χ1) is 11.0. The van der Waals surface area contributed by atoms with Gasteiger partial charge in [0, 0.05) is 25.8 Å². The third-order valence-corrected chi connectivity index (χ3v) is 3.91. The lowest BCUT2D eigenvalue weighted by atomic mass is 9.97. The zero-order valence-electron chi connectivity index (χ0n) is 14.5. The molecule has 3 heterocycles. The number of pyridine rings is 1. The third-order valence-electron chi connectivity index (χ3n) is 3.91. The van der Waals surface area contributed by atoms with E-state index < -0.39 is 0 Å². The lowest BCUT2D eigenvalue weighted by Gasteiger charge is -2.37. The maximum atomic E-state index is 12.0. The molecule has 0 radical (unpaired) electrons. The molecule has 6 heteroatoms. The van der Waals surface area contributed by atoms with Crippen LogP contribution in [0.15, 0.2) is 29.2 Å². The minimum Gasteiger partial charge on any atom is -0.336 e. The van der Waals surface area contributed by atoms with Crippen molar-refractivity contribution < 1.29 is 0 Å². The van der Waals surface area contributed by atoms with Gasteiger partial charge in [-0.2, -0.15) is 5.10 Å². The number of anilines is 2. The highest BCUT2D eigenvalue weighted by molar-refractivity contribution is 5.55. The van der Waals surface area contributed by atoms with Crippen LogP contribution in [0.3, 0.4) is 0 Å².